The summed E-state index contributed by atoms with van der Waals surface area (Å²) in [5.41, 5.74) is 3.62. The lowest BCUT2D eigenvalue weighted by atomic mass is 9.98. The van der Waals surface area contributed by atoms with Crippen molar-refractivity contribution in [3.63, 3.8) is 0 Å². The van der Waals surface area contributed by atoms with Crippen LogP contribution in [0.25, 0.3) is 0 Å². The number of nitrogens with one attached hydrogen (secondary N) is 1. The highest BCUT2D eigenvalue weighted by Gasteiger charge is 2.35. The minimum atomic E-state index is -3.70. The third kappa shape index (κ3) is 5.23. The Morgan fingerprint density at radius 1 is 1.06 bits per heavy atom. The molecular weight excluding hydrogens is 458 g/mol. The maximum atomic E-state index is 13.4. The number of ether oxygens (including phenoxy) is 1. The second-order valence-corrected chi connectivity index (χ2v) is 10.6. The molecular formula is C24H31N3O6S. The first-order valence-corrected chi connectivity index (χ1v) is 12.6. The van der Waals surface area contributed by atoms with Crippen LogP contribution in [0.5, 0.6) is 0 Å². The third-order valence-electron chi connectivity index (χ3n) is 6.46. The molecule has 10 heteroatoms. The molecule has 2 aromatic rings. The second kappa shape index (κ2) is 10.1. The number of esters is 1. The maximum absolute atomic E-state index is 13.4. The van der Waals surface area contributed by atoms with Crippen molar-refractivity contribution in [1.29, 1.82) is 0 Å². The summed E-state index contributed by atoms with van der Waals surface area (Å²) in [6.45, 7) is 7.21. The van der Waals surface area contributed by atoms with Crippen LogP contribution in [0.15, 0.2) is 29.3 Å². The molecule has 1 aliphatic heterocycles. The monoisotopic (exact) mass is 489 g/mol. The quantitative estimate of drug-likeness (QED) is 0.622. The highest BCUT2D eigenvalue weighted by molar-refractivity contribution is 7.89. The van der Waals surface area contributed by atoms with Gasteiger partial charge in [0, 0.05) is 26.3 Å². The number of aromatic nitrogens is 1. The van der Waals surface area contributed by atoms with Gasteiger partial charge in [0.2, 0.25) is 10.0 Å². The number of aryl methyl sites for hydroxylation is 3. The fourth-order valence-electron chi connectivity index (χ4n) is 4.21. The predicted molar refractivity (Wildman–Crippen MR) is 126 cm³/mol. The Morgan fingerprint density at radius 2 is 1.65 bits per heavy atom. The molecule has 0 radical (unpaired) electrons. The summed E-state index contributed by atoms with van der Waals surface area (Å²) in [6.07, 6.45) is 2.27. The molecule has 0 atom stereocenters. The molecule has 0 bridgehead atoms. The van der Waals surface area contributed by atoms with Gasteiger partial charge in [0.05, 0.1) is 10.8 Å². The van der Waals surface area contributed by atoms with Crippen molar-refractivity contribution in [2.75, 3.05) is 19.7 Å². The lowest BCUT2D eigenvalue weighted by molar-refractivity contribution is -0.153. The van der Waals surface area contributed by atoms with E-state index in [9.17, 15) is 22.8 Å². The van der Waals surface area contributed by atoms with Gasteiger partial charge in [-0.25, -0.2) is 8.42 Å². The molecule has 1 aromatic carbocycles. The molecule has 1 aromatic heterocycles. The number of hydrogen-bond acceptors (Lipinski definition) is 6. The molecule has 9 nitrogen and oxygen atoms in total. The van der Waals surface area contributed by atoms with Crippen molar-refractivity contribution >= 4 is 27.8 Å². The predicted octanol–water partition coefficient (Wildman–Crippen LogP) is 2.16. The minimum Gasteiger partial charge on any atom is -0.455 e. The molecule has 0 unspecified atom stereocenters. The number of imide groups is 1. The molecule has 3 rings (SSSR count). The van der Waals surface area contributed by atoms with Crippen LogP contribution in [-0.2, 0) is 31.4 Å². The highest BCUT2D eigenvalue weighted by Crippen LogP contribution is 2.31. The average molecular weight is 490 g/mol. The SMILES string of the molecule is Cc1cc(C)c(C)c(S(=O)(=O)N2CCC(C(=O)OCC(=O)NC(=O)c3cccn3C)CC2)c1C. The van der Waals surface area contributed by atoms with Gasteiger partial charge < -0.3 is 9.30 Å². The van der Waals surface area contributed by atoms with Crippen molar-refractivity contribution in [3.8, 4) is 0 Å². The summed E-state index contributed by atoms with van der Waals surface area (Å²) in [5, 5.41) is 2.18. The van der Waals surface area contributed by atoms with E-state index in [2.05, 4.69) is 5.32 Å². The lowest BCUT2D eigenvalue weighted by Crippen LogP contribution is -2.42. The first-order valence-electron chi connectivity index (χ1n) is 11.1. The highest BCUT2D eigenvalue weighted by atomic mass is 32.2. The van der Waals surface area contributed by atoms with E-state index in [0.29, 0.717) is 23.4 Å². The Labute approximate surface area is 200 Å². The largest absolute Gasteiger partial charge is 0.455 e. The number of nitrogens with zero attached hydrogens (tertiary/aromatic N) is 2. The number of amides is 2. The van der Waals surface area contributed by atoms with Gasteiger partial charge in [-0.15, -0.1) is 0 Å². The summed E-state index contributed by atoms with van der Waals surface area (Å²) in [7, 11) is -2.03. The Bertz CT molecular complexity index is 1200. The van der Waals surface area contributed by atoms with E-state index in [1.54, 1.807) is 29.9 Å². The average Bonchev–Trinajstić information content (AvgIpc) is 3.22. The van der Waals surface area contributed by atoms with Crippen molar-refractivity contribution in [3.05, 3.63) is 52.3 Å². The lowest BCUT2D eigenvalue weighted by Gasteiger charge is -2.31. The van der Waals surface area contributed by atoms with Gasteiger partial charge >= 0.3 is 5.97 Å². The van der Waals surface area contributed by atoms with Crippen molar-refractivity contribution in [2.45, 2.75) is 45.4 Å². The first kappa shape index (κ1) is 25.6. The van der Waals surface area contributed by atoms with E-state index in [1.807, 2.05) is 33.8 Å². The van der Waals surface area contributed by atoms with E-state index in [1.165, 1.54) is 4.31 Å². The van der Waals surface area contributed by atoms with Gasteiger partial charge in [0.25, 0.3) is 11.8 Å². The standard InChI is InChI=1S/C24H31N3O6S/c1-15-13-16(2)18(4)22(17(15)3)34(31,32)27-11-8-19(9-12-27)24(30)33-14-21(28)25-23(29)20-7-6-10-26(20)5/h6-7,10,13,19H,8-9,11-12,14H2,1-5H3,(H,25,28,29). The molecule has 2 heterocycles. The Balaban J connectivity index is 1.55. The molecule has 1 N–H and O–H groups in total. The Morgan fingerprint density at radius 3 is 2.18 bits per heavy atom. The van der Waals surface area contributed by atoms with Crippen LogP contribution < -0.4 is 5.32 Å². The normalized spacial score (nSPS) is 15.2. The molecule has 1 fully saturated rings. The van der Waals surface area contributed by atoms with Crippen LogP contribution in [0, 0.1) is 33.6 Å². The van der Waals surface area contributed by atoms with Gasteiger partial charge in [-0.3, -0.25) is 19.7 Å². The number of carbonyl (C=O) groups excluding carboxylic acids is 3. The molecule has 1 saturated heterocycles. The molecule has 0 saturated carbocycles. The number of sulfonamides is 1. The van der Waals surface area contributed by atoms with E-state index in [-0.39, 0.29) is 13.1 Å². The van der Waals surface area contributed by atoms with E-state index < -0.39 is 40.3 Å². The number of rotatable bonds is 6. The topological polar surface area (TPSA) is 115 Å². The van der Waals surface area contributed by atoms with Gasteiger partial charge in [-0.05, 0) is 74.9 Å². The van der Waals surface area contributed by atoms with Gasteiger partial charge in [0.1, 0.15) is 5.69 Å². The zero-order valence-corrected chi connectivity index (χ0v) is 21.0. The van der Waals surface area contributed by atoms with Crippen LogP contribution in [0.2, 0.25) is 0 Å². The van der Waals surface area contributed by atoms with Crippen molar-refractivity contribution < 1.29 is 27.5 Å². The molecule has 184 valence electrons. The summed E-state index contributed by atoms with van der Waals surface area (Å²) in [6, 6.07) is 5.22. The van der Waals surface area contributed by atoms with Crippen LogP contribution in [-0.4, -0.2) is 54.8 Å². The Hall–Kier alpha value is -2.98. The summed E-state index contributed by atoms with van der Waals surface area (Å²) in [5.74, 6) is -2.38. The number of benzene rings is 1. The molecule has 0 aliphatic carbocycles. The smallest absolute Gasteiger partial charge is 0.309 e. The first-order chi connectivity index (χ1) is 15.9. The molecule has 34 heavy (non-hydrogen) atoms. The third-order valence-corrected chi connectivity index (χ3v) is 8.63. The number of piperidine rings is 1. The molecule has 2 amide bonds. The van der Waals surface area contributed by atoms with Crippen molar-refractivity contribution in [2.24, 2.45) is 13.0 Å². The van der Waals surface area contributed by atoms with Gasteiger partial charge in [0.15, 0.2) is 6.61 Å². The number of carbonyl (C=O) groups is 3. The number of hydrogen-bond donors (Lipinski definition) is 1. The second-order valence-electron chi connectivity index (χ2n) is 8.76. The fourth-order valence-corrected chi connectivity index (χ4v) is 6.25. The van der Waals surface area contributed by atoms with E-state index in [0.717, 1.165) is 22.3 Å². The molecule has 1 aliphatic rings. The zero-order chi connectivity index (χ0) is 25.2. The van der Waals surface area contributed by atoms with Gasteiger partial charge in [-0.2, -0.15) is 4.31 Å². The summed E-state index contributed by atoms with van der Waals surface area (Å²) >= 11 is 0. The van der Waals surface area contributed by atoms with Gasteiger partial charge in [-0.1, -0.05) is 6.07 Å². The Kier molecular flexibility index (Phi) is 7.62. The minimum absolute atomic E-state index is 0.187. The van der Waals surface area contributed by atoms with Crippen LogP contribution in [0.1, 0.15) is 45.6 Å². The van der Waals surface area contributed by atoms with E-state index in [4.69, 9.17) is 4.74 Å². The van der Waals surface area contributed by atoms with E-state index >= 15 is 0 Å². The van der Waals surface area contributed by atoms with Crippen molar-refractivity contribution in [1.82, 2.24) is 14.2 Å². The summed E-state index contributed by atoms with van der Waals surface area (Å²) in [4.78, 5) is 36.8. The van der Waals surface area contributed by atoms with Crippen LogP contribution >= 0.6 is 0 Å². The molecule has 0 spiro atoms. The summed E-state index contributed by atoms with van der Waals surface area (Å²) < 4.78 is 34.8. The van der Waals surface area contributed by atoms with Crippen LogP contribution in [0.4, 0.5) is 0 Å². The fraction of sp³-hybridized carbons (Fsp3) is 0.458. The zero-order valence-electron chi connectivity index (χ0n) is 20.2. The van der Waals surface area contributed by atoms with Crippen LogP contribution in [0.3, 0.4) is 0 Å². The maximum Gasteiger partial charge on any atom is 0.309 e.